The number of halogens is 1. The third-order valence-electron chi connectivity index (χ3n) is 1.86. The van der Waals surface area contributed by atoms with Crippen LogP contribution in [0.4, 0.5) is 0 Å². The van der Waals surface area contributed by atoms with Gasteiger partial charge in [0, 0.05) is 5.88 Å². The van der Waals surface area contributed by atoms with Crippen molar-refractivity contribution in [2.75, 3.05) is 7.11 Å². The lowest BCUT2D eigenvalue weighted by atomic mass is 10.1. The largest absolute Gasteiger partial charge is 0.496 e. The molecule has 1 rings (SSSR count). The van der Waals surface area contributed by atoms with Gasteiger partial charge in [0.15, 0.2) is 0 Å². The van der Waals surface area contributed by atoms with E-state index in [9.17, 15) is 0 Å². The fourth-order valence-corrected chi connectivity index (χ4v) is 1.40. The number of ether oxygens (including phenoxy) is 1. The molecule has 70 valence electrons. The molecule has 0 atom stereocenters. The number of benzene rings is 1. The van der Waals surface area contributed by atoms with E-state index in [0.29, 0.717) is 5.88 Å². The van der Waals surface area contributed by atoms with Gasteiger partial charge in [-0.25, -0.2) is 0 Å². The Bertz CT molecular complexity index is 294. The van der Waals surface area contributed by atoms with Gasteiger partial charge in [-0.2, -0.15) is 0 Å². The molecule has 0 aromatic heterocycles. The van der Waals surface area contributed by atoms with E-state index in [0.717, 1.165) is 23.3 Å². The number of methoxy groups -OCH3 is 1. The van der Waals surface area contributed by atoms with E-state index < -0.39 is 0 Å². The average molecular weight is 197 g/mol. The predicted octanol–water partition coefficient (Wildman–Crippen LogP) is 3.16. The second-order valence-electron chi connectivity index (χ2n) is 2.77. The van der Waals surface area contributed by atoms with E-state index in [-0.39, 0.29) is 0 Å². The highest BCUT2D eigenvalue weighted by atomic mass is 35.5. The van der Waals surface area contributed by atoms with E-state index in [1.165, 1.54) is 0 Å². The molecular weight excluding hydrogens is 184 g/mol. The Morgan fingerprint density at radius 3 is 2.85 bits per heavy atom. The topological polar surface area (TPSA) is 9.23 Å². The van der Waals surface area contributed by atoms with Crippen molar-refractivity contribution >= 4 is 11.6 Å². The van der Waals surface area contributed by atoms with Crippen molar-refractivity contribution in [2.24, 2.45) is 0 Å². The van der Waals surface area contributed by atoms with Crippen molar-refractivity contribution in [1.29, 1.82) is 0 Å². The monoisotopic (exact) mass is 196 g/mol. The summed E-state index contributed by atoms with van der Waals surface area (Å²) in [6.07, 6.45) is 2.67. The molecule has 0 aliphatic rings. The van der Waals surface area contributed by atoms with Gasteiger partial charge in [0.1, 0.15) is 5.75 Å². The van der Waals surface area contributed by atoms with Crippen molar-refractivity contribution < 1.29 is 4.74 Å². The molecule has 0 unspecified atom stereocenters. The second kappa shape index (κ2) is 4.93. The Morgan fingerprint density at radius 1 is 1.54 bits per heavy atom. The van der Waals surface area contributed by atoms with Gasteiger partial charge in [-0.1, -0.05) is 18.2 Å². The zero-order chi connectivity index (χ0) is 9.68. The summed E-state index contributed by atoms with van der Waals surface area (Å²) < 4.78 is 5.21. The summed E-state index contributed by atoms with van der Waals surface area (Å²) in [6.45, 7) is 3.70. The first-order valence-electron chi connectivity index (χ1n) is 4.14. The maximum atomic E-state index is 5.73. The number of hydrogen-bond acceptors (Lipinski definition) is 1. The van der Waals surface area contributed by atoms with Gasteiger partial charge in [0.05, 0.1) is 7.11 Å². The highest BCUT2D eigenvalue weighted by Crippen LogP contribution is 2.21. The summed E-state index contributed by atoms with van der Waals surface area (Å²) in [4.78, 5) is 0. The molecule has 0 aliphatic carbocycles. The van der Waals surface area contributed by atoms with E-state index in [1.54, 1.807) is 7.11 Å². The van der Waals surface area contributed by atoms with Crippen LogP contribution in [0.3, 0.4) is 0 Å². The van der Waals surface area contributed by atoms with Crippen LogP contribution in [0.25, 0.3) is 0 Å². The molecule has 0 saturated heterocycles. The smallest absolute Gasteiger partial charge is 0.122 e. The van der Waals surface area contributed by atoms with E-state index in [2.05, 4.69) is 6.58 Å². The quantitative estimate of drug-likeness (QED) is 0.531. The van der Waals surface area contributed by atoms with Crippen LogP contribution in [0.1, 0.15) is 11.1 Å². The molecule has 2 heteroatoms. The van der Waals surface area contributed by atoms with Crippen molar-refractivity contribution in [3.8, 4) is 5.75 Å². The molecule has 0 bridgehead atoms. The molecule has 0 heterocycles. The Kier molecular flexibility index (Phi) is 3.84. The Labute approximate surface area is 84.0 Å². The third kappa shape index (κ3) is 2.49. The fourth-order valence-electron chi connectivity index (χ4n) is 1.23. The van der Waals surface area contributed by atoms with E-state index >= 15 is 0 Å². The maximum Gasteiger partial charge on any atom is 0.122 e. The predicted molar refractivity (Wildman–Crippen MR) is 56.5 cm³/mol. The Hall–Kier alpha value is -0.950. The molecule has 0 saturated carbocycles. The molecule has 0 amide bonds. The molecule has 13 heavy (non-hydrogen) atoms. The molecule has 0 aliphatic heterocycles. The molecule has 1 aromatic carbocycles. The van der Waals surface area contributed by atoms with Crippen LogP contribution in [0.15, 0.2) is 30.9 Å². The van der Waals surface area contributed by atoms with Gasteiger partial charge in [0.25, 0.3) is 0 Å². The number of hydrogen-bond donors (Lipinski definition) is 0. The summed E-state index contributed by atoms with van der Waals surface area (Å²) in [7, 11) is 1.67. The first kappa shape index (κ1) is 10.1. The van der Waals surface area contributed by atoms with Crippen molar-refractivity contribution in [3.63, 3.8) is 0 Å². The second-order valence-corrected chi connectivity index (χ2v) is 3.04. The van der Waals surface area contributed by atoms with Crippen LogP contribution >= 0.6 is 11.6 Å². The zero-order valence-electron chi connectivity index (χ0n) is 7.72. The zero-order valence-corrected chi connectivity index (χ0v) is 8.47. The summed E-state index contributed by atoms with van der Waals surface area (Å²) in [5.41, 5.74) is 2.25. The molecular formula is C11H13ClO. The molecule has 0 fully saturated rings. The molecule has 0 spiro atoms. The standard InChI is InChI=1S/C11H13ClO/c1-3-4-10-7-9(8-12)5-6-11(10)13-2/h3,5-7H,1,4,8H2,2H3. The molecule has 0 radical (unpaired) electrons. The van der Waals surface area contributed by atoms with E-state index in [4.69, 9.17) is 16.3 Å². The van der Waals surface area contributed by atoms with Crippen molar-refractivity contribution in [2.45, 2.75) is 12.3 Å². The van der Waals surface area contributed by atoms with Crippen LogP contribution in [0, 0.1) is 0 Å². The minimum absolute atomic E-state index is 0.536. The number of alkyl halides is 1. The first-order valence-corrected chi connectivity index (χ1v) is 4.68. The normalized spacial score (nSPS) is 9.69. The van der Waals surface area contributed by atoms with E-state index in [1.807, 2.05) is 24.3 Å². The first-order chi connectivity index (χ1) is 6.31. The summed E-state index contributed by atoms with van der Waals surface area (Å²) in [6, 6.07) is 5.96. The van der Waals surface area contributed by atoms with Gasteiger partial charge < -0.3 is 4.74 Å². The number of rotatable bonds is 4. The third-order valence-corrected chi connectivity index (χ3v) is 2.17. The highest BCUT2D eigenvalue weighted by Gasteiger charge is 2.01. The van der Waals surface area contributed by atoms with Crippen LogP contribution in [0.2, 0.25) is 0 Å². The SMILES string of the molecule is C=CCc1cc(CCl)ccc1OC. The van der Waals surface area contributed by atoms with Gasteiger partial charge >= 0.3 is 0 Å². The van der Waals surface area contributed by atoms with Crippen LogP contribution in [-0.2, 0) is 12.3 Å². The van der Waals surface area contributed by atoms with Crippen LogP contribution < -0.4 is 4.74 Å². The van der Waals surface area contributed by atoms with Crippen molar-refractivity contribution in [1.82, 2.24) is 0 Å². The maximum absolute atomic E-state index is 5.73. The van der Waals surface area contributed by atoms with Crippen molar-refractivity contribution in [3.05, 3.63) is 42.0 Å². The van der Waals surface area contributed by atoms with Crippen LogP contribution in [-0.4, -0.2) is 7.11 Å². The van der Waals surface area contributed by atoms with Gasteiger partial charge in [-0.3, -0.25) is 0 Å². The molecule has 0 N–H and O–H groups in total. The Morgan fingerprint density at radius 2 is 2.31 bits per heavy atom. The van der Waals surface area contributed by atoms with Crippen LogP contribution in [0.5, 0.6) is 5.75 Å². The minimum atomic E-state index is 0.536. The summed E-state index contributed by atoms with van der Waals surface area (Å²) >= 11 is 5.73. The molecule has 1 nitrogen and oxygen atoms in total. The highest BCUT2D eigenvalue weighted by molar-refractivity contribution is 6.17. The van der Waals surface area contributed by atoms with Gasteiger partial charge in [-0.15, -0.1) is 18.2 Å². The lowest BCUT2D eigenvalue weighted by Gasteiger charge is -2.07. The van der Waals surface area contributed by atoms with Gasteiger partial charge in [-0.05, 0) is 23.6 Å². The molecule has 1 aromatic rings. The average Bonchev–Trinajstić information content (AvgIpc) is 2.18. The lowest BCUT2D eigenvalue weighted by molar-refractivity contribution is 0.410. The minimum Gasteiger partial charge on any atom is -0.496 e. The number of allylic oxidation sites excluding steroid dienone is 1. The summed E-state index contributed by atoms with van der Waals surface area (Å²) in [5.74, 6) is 1.43. The summed E-state index contributed by atoms with van der Waals surface area (Å²) in [5, 5.41) is 0. The lowest BCUT2D eigenvalue weighted by Crippen LogP contribution is -1.92. The Balaban J connectivity index is 3.01. The van der Waals surface area contributed by atoms with Gasteiger partial charge in [0.2, 0.25) is 0 Å². The fraction of sp³-hybridized carbons (Fsp3) is 0.273.